The number of aromatic nitrogens is 2. The van der Waals surface area contributed by atoms with E-state index in [0.717, 1.165) is 33.5 Å². The summed E-state index contributed by atoms with van der Waals surface area (Å²) < 4.78 is 54.9. The van der Waals surface area contributed by atoms with Gasteiger partial charge < -0.3 is 0 Å². The SMILES string of the molecule is O=S(=O)(O)c1ccccn1.O=S1(=O)c2c[c-]c(-c3cc4c5c(cccc5n3)-c3ccccc3-4)cc2-c2ccccc21.[Ir]. The van der Waals surface area contributed by atoms with E-state index >= 15 is 0 Å². The van der Waals surface area contributed by atoms with E-state index in [1.165, 1.54) is 40.4 Å². The van der Waals surface area contributed by atoms with Crippen LogP contribution in [0.2, 0.25) is 0 Å². The number of benzene rings is 4. The number of nitrogens with zero attached hydrogens (tertiary/aromatic N) is 2. The summed E-state index contributed by atoms with van der Waals surface area (Å²) in [5.74, 6) is 0. The second-order valence-electron chi connectivity index (χ2n) is 9.57. The molecule has 1 aliphatic heterocycles. The first-order valence-corrected chi connectivity index (χ1v) is 15.5. The van der Waals surface area contributed by atoms with E-state index in [4.69, 9.17) is 9.54 Å². The Labute approximate surface area is 256 Å². The van der Waals surface area contributed by atoms with Gasteiger partial charge in [-0.15, -0.1) is 23.8 Å². The topological polar surface area (TPSA) is 114 Å². The fraction of sp³-hybridized carbons (Fsp3) is 0. The minimum absolute atomic E-state index is 0. The fourth-order valence-corrected chi connectivity index (χ4v) is 7.49. The summed E-state index contributed by atoms with van der Waals surface area (Å²) in [4.78, 5) is 9.01. The molecule has 1 radical (unpaired) electrons. The van der Waals surface area contributed by atoms with Crippen LogP contribution in [-0.2, 0) is 40.1 Å². The Kier molecular flexibility index (Phi) is 6.92. The summed E-state index contributed by atoms with van der Waals surface area (Å²) >= 11 is 0. The molecule has 4 aromatic carbocycles. The largest absolute Gasteiger partial charge is 0.312 e. The summed E-state index contributed by atoms with van der Waals surface area (Å²) in [5, 5.41) is 0.844. The molecule has 1 aliphatic carbocycles. The fourth-order valence-electron chi connectivity index (χ4n) is 5.42. The molecule has 0 fully saturated rings. The van der Waals surface area contributed by atoms with Gasteiger partial charge in [-0.3, -0.25) is 9.54 Å². The van der Waals surface area contributed by atoms with Crippen molar-refractivity contribution in [2.75, 3.05) is 0 Å². The van der Waals surface area contributed by atoms with Gasteiger partial charge in [0.1, 0.15) is 0 Å². The van der Waals surface area contributed by atoms with Crippen LogP contribution >= 0.6 is 0 Å². The van der Waals surface area contributed by atoms with Crippen LogP contribution in [-0.4, -0.2) is 31.4 Å². The number of fused-ring (bicyclic) bond motifs is 6. The number of rotatable bonds is 2. The van der Waals surface area contributed by atoms with Crippen molar-refractivity contribution in [2.24, 2.45) is 0 Å². The predicted molar refractivity (Wildman–Crippen MR) is 155 cm³/mol. The van der Waals surface area contributed by atoms with Crippen LogP contribution < -0.4 is 0 Å². The molecule has 42 heavy (non-hydrogen) atoms. The van der Waals surface area contributed by atoms with Crippen LogP contribution in [0, 0.1) is 6.07 Å². The molecule has 10 heteroatoms. The average Bonchev–Trinajstić information content (AvgIpc) is 3.43. The van der Waals surface area contributed by atoms with E-state index < -0.39 is 20.0 Å². The van der Waals surface area contributed by atoms with E-state index in [9.17, 15) is 16.8 Å². The molecule has 2 aromatic heterocycles. The molecular weight excluding hydrogens is 749 g/mol. The van der Waals surface area contributed by atoms with Crippen molar-refractivity contribution in [3.8, 4) is 44.6 Å². The standard InChI is InChI=1S/C27H14NO2S.C5H5NO3S.Ir/c29-31(30)25-11-4-3-8-19(25)21-14-16(12-13-26(21)31)24-15-22-18-7-2-1-6-17(18)20-9-5-10-23(28-24)27(20)22;7-10(8,9)5-3-1-2-4-6-5;/h1-11,13-15H;1-4H,(H,7,8,9);/q-1;;. The van der Waals surface area contributed by atoms with Gasteiger partial charge in [0, 0.05) is 31.7 Å². The van der Waals surface area contributed by atoms with Crippen molar-refractivity contribution in [1.29, 1.82) is 0 Å². The molecule has 0 amide bonds. The van der Waals surface area contributed by atoms with E-state index in [2.05, 4.69) is 47.4 Å². The Balaban J connectivity index is 0.000000247. The molecular formula is C32H19IrN2O5S2-. The van der Waals surface area contributed by atoms with Crippen molar-refractivity contribution in [2.45, 2.75) is 14.8 Å². The molecule has 6 aromatic rings. The third-order valence-electron chi connectivity index (χ3n) is 7.19. The van der Waals surface area contributed by atoms with Gasteiger partial charge in [0.15, 0.2) is 14.9 Å². The van der Waals surface area contributed by atoms with Crippen molar-refractivity contribution in [3.05, 3.63) is 115 Å². The van der Waals surface area contributed by atoms with Crippen LogP contribution in [0.1, 0.15) is 0 Å². The van der Waals surface area contributed by atoms with Crippen LogP contribution in [0.25, 0.3) is 55.5 Å². The number of pyridine rings is 2. The quantitative estimate of drug-likeness (QED) is 0.158. The van der Waals surface area contributed by atoms with Crippen LogP contribution in [0.3, 0.4) is 0 Å². The maximum atomic E-state index is 12.9. The average molecular weight is 768 g/mol. The Morgan fingerprint density at radius 3 is 2.05 bits per heavy atom. The van der Waals surface area contributed by atoms with Crippen LogP contribution in [0.4, 0.5) is 0 Å². The van der Waals surface area contributed by atoms with Gasteiger partial charge in [0.05, 0.1) is 10.4 Å². The first kappa shape index (κ1) is 28.1. The smallest absolute Gasteiger partial charge is 0.296 e. The van der Waals surface area contributed by atoms with Gasteiger partial charge in [-0.2, -0.15) is 8.42 Å². The summed E-state index contributed by atoms with van der Waals surface area (Å²) in [6.07, 6.45) is 1.29. The Morgan fingerprint density at radius 1 is 0.690 bits per heavy atom. The molecule has 0 unspecified atom stereocenters. The number of hydrogen-bond acceptors (Lipinski definition) is 6. The zero-order valence-corrected chi connectivity index (χ0v) is 25.5. The number of hydrogen-bond donors (Lipinski definition) is 1. The molecule has 0 spiro atoms. The van der Waals surface area contributed by atoms with Crippen LogP contribution in [0.15, 0.2) is 124 Å². The second-order valence-corrected chi connectivity index (χ2v) is 12.8. The third-order valence-corrected chi connectivity index (χ3v) is 9.81. The molecule has 209 valence electrons. The van der Waals surface area contributed by atoms with Crippen molar-refractivity contribution in [1.82, 2.24) is 9.97 Å². The zero-order valence-electron chi connectivity index (χ0n) is 21.5. The van der Waals surface area contributed by atoms with Gasteiger partial charge in [-0.05, 0) is 62.7 Å². The Bertz CT molecular complexity index is 2260. The summed E-state index contributed by atoms with van der Waals surface area (Å²) in [7, 11) is -7.61. The first-order chi connectivity index (χ1) is 19.7. The molecule has 8 rings (SSSR count). The summed E-state index contributed by atoms with van der Waals surface area (Å²) in [6.45, 7) is 0. The van der Waals surface area contributed by atoms with E-state index in [-0.39, 0.29) is 25.1 Å². The number of sulfone groups is 1. The first-order valence-electron chi connectivity index (χ1n) is 12.6. The molecule has 1 N–H and O–H groups in total. The maximum absolute atomic E-state index is 12.9. The normalized spacial score (nSPS) is 13.3. The molecule has 3 heterocycles. The van der Waals surface area contributed by atoms with Crippen molar-refractivity contribution >= 4 is 30.9 Å². The minimum Gasteiger partial charge on any atom is -0.296 e. The van der Waals surface area contributed by atoms with Crippen molar-refractivity contribution in [3.63, 3.8) is 0 Å². The van der Waals surface area contributed by atoms with Crippen molar-refractivity contribution < 1.29 is 41.5 Å². The molecule has 0 bridgehead atoms. The molecule has 2 aliphatic rings. The Morgan fingerprint density at radius 2 is 1.36 bits per heavy atom. The minimum atomic E-state index is -4.11. The van der Waals surface area contributed by atoms with Gasteiger partial charge in [-0.25, -0.2) is 13.4 Å². The zero-order chi connectivity index (χ0) is 28.4. The Hall–Kier alpha value is -4.05. The third kappa shape index (κ3) is 4.48. The van der Waals surface area contributed by atoms with Gasteiger partial charge in [0.25, 0.3) is 0 Å². The predicted octanol–water partition coefficient (Wildman–Crippen LogP) is 6.49. The monoisotopic (exact) mass is 768 g/mol. The molecule has 0 saturated heterocycles. The second kappa shape index (κ2) is 10.3. The molecule has 0 atom stereocenters. The molecule has 0 saturated carbocycles. The van der Waals surface area contributed by atoms with Gasteiger partial charge in [0.2, 0.25) is 0 Å². The van der Waals surface area contributed by atoms with E-state index in [1.54, 1.807) is 24.3 Å². The van der Waals surface area contributed by atoms with E-state index in [1.807, 2.05) is 30.3 Å². The maximum Gasteiger partial charge on any atom is 0.312 e. The van der Waals surface area contributed by atoms with Gasteiger partial charge in [-0.1, -0.05) is 72.3 Å². The van der Waals surface area contributed by atoms with Gasteiger partial charge >= 0.3 is 10.1 Å². The van der Waals surface area contributed by atoms with Crippen LogP contribution in [0.5, 0.6) is 0 Å². The van der Waals surface area contributed by atoms with E-state index in [0.29, 0.717) is 9.79 Å². The molecule has 7 nitrogen and oxygen atoms in total. The summed E-state index contributed by atoms with van der Waals surface area (Å²) in [6, 6.07) is 34.8. The summed E-state index contributed by atoms with van der Waals surface area (Å²) in [5.41, 5.74) is 8.77.